The molecule has 0 saturated heterocycles. The van der Waals surface area contributed by atoms with Crippen molar-refractivity contribution in [3.63, 3.8) is 0 Å². The van der Waals surface area contributed by atoms with Crippen molar-refractivity contribution in [2.45, 2.75) is 20.0 Å². The molecule has 0 bridgehead atoms. The number of benzene rings is 3. The lowest BCUT2D eigenvalue weighted by Crippen LogP contribution is -2.33. The van der Waals surface area contributed by atoms with Crippen molar-refractivity contribution in [3.8, 4) is 17.2 Å². The Bertz CT molecular complexity index is 1120. The maximum atomic E-state index is 12.3. The summed E-state index contributed by atoms with van der Waals surface area (Å²) in [4.78, 5) is 24.6. The number of ether oxygens (including phenoxy) is 3. The third-order valence-electron chi connectivity index (χ3n) is 4.36. The van der Waals surface area contributed by atoms with Gasteiger partial charge in [0.1, 0.15) is 5.75 Å². The van der Waals surface area contributed by atoms with Crippen LogP contribution in [0.25, 0.3) is 0 Å². The van der Waals surface area contributed by atoms with Gasteiger partial charge in [-0.25, -0.2) is 10.2 Å². The number of hydrogen-bond acceptors (Lipinski definition) is 6. The van der Waals surface area contributed by atoms with Crippen LogP contribution in [-0.2, 0) is 4.79 Å². The molecule has 7 nitrogen and oxygen atoms in total. The van der Waals surface area contributed by atoms with Gasteiger partial charge in [-0.15, -0.1) is 0 Å². The zero-order valence-electron chi connectivity index (χ0n) is 18.2. The second-order valence-electron chi connectivity index (χ2n) is 6.84. The summed E-state index contributed by atoms with van der Waals surface area (Å²) < 4.78 is 17.6. The molecule has 3 aromatic rings. The molecule has 0 heterocycles. The van der Waals surface area contributed by atoms with E-state index in [1.165, 1.54) is 6.21 Å². The number of amides is 1. The first-order chi connectivity index (χ1) is 16.0. The van der Waals surface area contributed by atoms with E-state index in [1.807, 2.05) is 25.1 Å². The van der Waals surface area contributed by atoms with E-state index in [1.54, 1.807) is 61.5 Å². The van der Waals surface area contributed by atoms with E-state index in [2.05, 4.69) is 26.5 Å². The zero-order valence-corrected chi connectivity index (χ0v) is 19.7. The van der Waals surface area contributed by atoms with Crippen molar-refractivity contribution >= 4 is 34.0 Å². The number of nitrogens with zero attached hydrogens (tertiary/aromatic N) is 1. The normalized spacial score (nSPS) is 11.6. The highest BCUT2D eigenvalue weighted by Gasteiger charge is 2.15. The van der Waals surface area contributed by atoms with Crippen LogP contribution in [-0.4, -0.2) is 30.8 Å². The van der Waals surface area contributed by atoms with Gasteiger partial charge in [-0.1, -0.05) is 34.1 Å². The molecule has 33 heavy (non-hydrogen) atoms. The average molecular weight is 511 g/mol. The Balaban J connectivity index is 1.61. The Morgan fingerprint density at radius 2 is 1.76 bits per heavy atom. The van der Waals surface area contributed by atoms with E-state index in [9.17, 15) is 9.59 Å². The molecule has 0 saturated carbocycles. The molecule has 1 N–H and O–H groups in total. The molecule has 8 heteroatoms. The lowest BCUT2D eigenvalue weighted by molar-refractivity contribution is -0.127. The minimum absolute atomic E-state index is 0.295. The van der Waals surface area contributed by atoms with Gasteiger partial charge in [0, 0.05) is 4.47 Å². The lowest BCUT2D eigenvalue weighted by atomic mass is 10.2. The fourth-order valence-corrected chi connectivity index (χ4v) is 2.99. The predicted octanol–water partition coefficient (Wildman–Crippen LogP) is 4.98. The summed E-state index contributed by atoms with van der Waals surface area (Å²) in [5, 5.41) is 3.98. The summed E-state index contributed by atoms with van der Waals surface area (Å²) in [5.74, 6) is 0.386. The number of carbonyl (C=O) groups excluding carboxylic acids is 2. The van der Waals surface area contributed by atoms with Crippen LogP contribution in [0.2, 0.25) is 0 Å². The van der Waals surface area contributed by atoms with E-state index < -0.39 is 18.0 Å². The maximum Gasteiger partial charge on any atom is 0.343 e. The third kappa shape index (κ3) is 7.18. The molecule has 0 aliphatic heterocycles. The first-order valence-corrected chi connectivity index (χ1v) is 11.0. The largest absolute Gasteiger partial charge is 0.490 e. The Kier molecular flexibility index (Phi) is 8.60. The second kappa shape index (κ2) is 11.8. The van der Waals surface area contributed by atoms with E-state index in [0.29, 0.717) is 35.0 Å². The Labute approximate surface area is 200 Å². The van der Waals surface area contributed by atoms with Crippen LogP contribution in [0.4, 0.5) is 0 Å². The van der Waals surface area contributed by atoms with E-state index >= 15 is 0 Å². The first kappa shape index (κ1) is 24.0. The summed E-state index contributed by atoms with van der Waals surface area (Å²) in [6.45, 7) is 3.85. The van der Waals surface area contributed by atoms with Crippen molar-refractivity contribution in [1.82, 2.24) is 5.43 Å². The Morgan fingerprint density at radius 1 is 1.03 bits per heavy atom. The molecule has 1 amide bonds. The SMILES string of the molecule is CCOc1cc(/C=N\NC(=O)[C@@H](C)Oc2ccc(Br)cc2)ccc1OC(=O)c1ccccc1. The number of nitrogens with one attached hydrogen (secondary N) is 1. The van der Waals surface area contributed by atoms with Crippen LogP contribution in [0.15, 0.2) is 82.4 Å². The van der Waals surface area contributed by atoms with Crippen LogP contribution in [0.1, 0.15) is 29.8 Å². The molecular formula is C25H23BrN2O5. The fourth-order valence-electron chi connectivity index (χ4n) is 2.72. The topological polar surface area (TPSA) is 86.2 Å². The molecule has 3 aromatic carbocycles. The van der Waals surface area contributed by atoms with Crippen LogP contribution in [0.5, 0.6) is 17.2 Å². The summed E-state index contributed by atoms with van der Waals surface area (Å²) in [5.41, 5.74) is 3.54. The van der Waals surface area contributed by atoms with Crippen molar-refractivity contribution in [2.24, 2.45) is 5.10 Å². The van der Waals surface area contributed by atoms with Gasteiger partial charge in [0.05, 0.1) is 18.4 Å². The fraction of sp³-hybridized carbons (Fsp3) is 0.160. The van der Waals surface area contributed by atoms with Gasteiger partial charge in [0.2, 0.25) is 0 Å². The van der Waals surface area contributed by atoms with Crippen molar-refractivity contribution in [1.29, 1.82) is 0 Å². The standard InChI is InChI=1S/C25H23BrN2O5/c1-3-31-23-15-18(9-14-22(23)33-25(30)19-7-5-4-6-8-19)16-27-28-24(29)17(2)32-21-12-10-20(26)11-13-21/h4-17H,3H2,1-2H3,(H,28,29)/b27-16-/t17-/m1/s1. The molecule has 0 aliphatic rings. The monoisotopic (exact) mass is 510 g/mol. The summed E-state index contributed by atoms with van der Waals surface area (Å²) in [7, 11) is 0. The van der Waals surface area contributed by atoms with E-state index in [4.69, 9.17) is 14.2 Å². The number of hydrazone groups is 1. The number of rotatable bonds is 9. The quantitative estimate of drug-likeness (QED) is 0.190. The summed E-state index contributed by atoms with van der Waals surface area (Å²) in [6.07, 6.45) is 0.734. The average Bonchev–Trinajstić information content (AvgIpc) is 2.82. The molecule has 0 spiro atoms. The molecule has 0 aliphatic carbocycles. The van der Waals surface area contributed by atoms with Gasteiger partial charge in [-0.2, -0.15) is 5.10 Å². The second-order valence-corrected chi connectivity index (χ2v) is 7.76. The van der Waals surface area contributed by atoms with Gasteiger partial charge >= 0.3 is 5.97 Å². The highest BCUT2D eigenvalue weighted by atomic mass is 79.9. The van der Waals surface area contributed by atoms with Gasteiger partial charge in [0.15, 0.2) is 17.6 Å². The third-order valence-corrected chi connectivity index (χ3v) is 4.89. The molecule has 0 aromatic heterocycles. The highest BCUT2D eigenvalue weighted by Crippen LogP contribution is 2.29. The number of esters is 1. The number of carbonyl (C=O) groups is 2. The lowest BCUT2D eigenvalue weighted by Gasteiger charge is -2.13. The molecular weight excluding hydrogens is 488 g/mol. The van der Waals surface area contributed by atoms with Crippen molar-refractivity contribution in [3.05, 3.63) is 88.4 Å². The maximum absolute atomic E-state index is 12.3. The molecule has 0 fully saturated rings. The van der Waals surface area contributed by atoms with E-state index in [0.717, 1.165) is 4.47 Å². The molecule has 170 valence electrons. The zero-order chi connectivity index (χ0) is 23.6. The Hall–Kier alpha value is -3.65. The summed E-state index contributed by atoms with van der Waals surface area (Å²) >= 11 is 3.35. The molecule has 0 unspecified atom stereocenters. The first-order valence-electron chi connectivity index (χ1n) is 10.3. The predicted molar refractivity (Wildman–Crippen MR) is 129 cm³/mol. The minimum atomic E-state index is -0.734. The van der Waals surface area contributed by atoms with Gasteiger partial charge in [0.25, 0.3) is 5.91 Å². The molecule has 1 atom stereocenters. The molecule has 0 radical (unpaired) electrons. The minimum Gasteiger partial charge on any atom is -0.490 e. The summed E-state index contributed by atoms with van der Waals surface area (Å²) in [6, 6.07) is 20.9. The van der Waals surface area contributed by atoms with E-state index in [-0.39, 0.29) is 0 Å². The highest BCUT2D eigenvalue weighted by molar-refractivity contribution is 9.10. The van der Waals surface area contributed by atoms with Gasteiger partial charge in [-0.05, 0) is 74.0 Å². The number of halogens is 1. The Morgan fingerprint density at radius 3 is 2.45 bits per heavy atom. The van der Waals surface area contributed by atoms with Crippen LogP contribution in [0, 0.1) is 0 Å². The smallest absolute Gasteiger partial charge is 0.343 e. The van der Waals surface area contributed by atoms with Gasteiger partial charge in [-0.3, -0.25) is 4.79 Å². The van der Waals surface area contributed by atoms with Crippen LogP contribution < -0.4 is 19.6 Å². The molecule has 3 rings (SSSR count). The van der Waals surface area contributed by atoms with Gasteiger partial charge < -0.3 is 14.2 Å². The van der Waals surface area contributed by atoms with Crippen LogP contribution >= 0.6 is 15.9 Å². The van der Waals surface area contributed by atoms with Crippen molar-refractivity contribution < 1.29 is 23.8 Å². The number of hydrogen-bond donors (Lipinski definition) is 1. The van der Waals surface area contributed by atoms with Crippen LogP contribution in [0.3, 0.4) is 0 Å². The van der Waals surface area contributed by atoms with Crippen molar-refractivity contribution in [2.75, 3.05) is 6.61 Å².